The maximum atomic E-state index is 13.3. The molecule has 3 aliphatic rings. The molecule has 1 amide bonds. The second-order valence-electron chi connectivity index (χ2n) is 12.5. The van der Waals surface area contributed by atoms with Crippen molar-refractivity contribution in [3.05, 3.63) is 28.9 Å². The second-order valence-corrected chi connectivity index (χ2v) is 14.7. The number of hydrogen-bond acceptors (Lipinski definition) is 17. The van der Waals surface area contributed by atoms with Crippen molar-refractivity contribution in [1.29, 1.82) is 0 Å². The standard InChI is InChI=1S/C27H36N12O9S/c1-27(2)19(32-16-20(35-27)33-26(29)34-22(16)42)23(43)36-38-6-5-37(13(9-38)25(44)45)7-8-49(46,47)10-14-17(40)18(41)24(48-14)39-11-31-15-12(28)3-4-30-21(15)39/h3-4,11,13-14,17-18,24,40-41H,5-10H2,1-2H3,(H2,28,30)(H,36,43)(H,44,45)(H4,29,33,34,35,42)/t13?,14-,17?,18+,24-/m1/s1. The van der Waals surface area contributed by atoms with Crippen LogP contribution in [0.15, 0.2) is 28.4 Å². The maximum Gasteiger partial charge on any atom is 0.322 e. The predicted molar refractivity (Wildman–Crippen MR) is 173 cm³/mol. The number of aliphatic carboxylic acids is 1. The Morgan fingerprint density at radius 2 is 1.94 bits per heavy atom. The lowest BCUT2D eigenvalue weighted by Crippen LogP contribution is -2.63. The summed E-state index contributed by atoms with van der Waals surface area (Å²) < 4.78 is 33.5. The van der Waals surface area contributed by atoms with Gasteiger partial charge in [-0.3, -0.25) is 34.3 Å². The van der Waals surface area contributed by atoms with E-state index in [4.69, 9.17) is 16.2 Å². The topological polar surface area (TPSA) is 310 Å². The monoisotopic (exact) mass is 704 g/mol. The Bertz CT molecular complexity index is 2000. The molecule has 6 heterocycles. The van der Waals surface area contributed by atoms with Gasteiger partial charge in [0.1, 0.15) is 35.6 Å². The Morgan fingerprint density at radius 3 is 2.67 bits per heavy atom. The van der Waals surface area contributed by atoms with E-state index >= 15 is 0 Å². The number of hydrogen-bond donors (Lipinski definition) is 8. The molecule has 0 radical (unpaired) electrons. The third-order valence-electron chi connectivity index (χ3n) is 8.62. The Morgan fingerprint density at radius 1 is 1.18 bits per heavy atom. The van der Waals surface area contributed by atoms with E-state index in [1.807, 2.05) is 0 Å². The number of nitrogen functional groups attached to an aromatic ring is 2. The number of aromatic nitrogens is 5. The highest BCUT2D eigenvalue weighted by molar-refractivity contribution is 7.91. The van der Waals surface area contributed by atoms with E-state index in [9.17, 15) is 38.1 Å². The molecule has 3 aliphatic heterocycles. The number of nitrogens with two attached hydrogens (primary N) is 2. The summed E-state index contributed by atoms with van der Waals surface area (Å²) in [5, 5.41) is 35.7. The van der Waals surface area contributed by atoms with Gasteiger partial charge in [-0.1, -0.05) is 0 Å². The van der Waals surface area contributed by atoms with Crippen LogP contribution < -0.4 is 27.8 Å². The number of carbonyl (C=O) groups is 2. The molecule has 264 valence electrons. The molecule has 0 aliphatic carbocycles. The van der Waals surface area contributed by atoms with Crippen LogP contribution in [0.1, 0.15) is 20.1 Å². The van der Waals surface area contributed by atoms with E-state index in [0.717, 1.165) is 0 Å². The van der Waals surface area contributed by atoms with Crippen LogP contribution >= 0.6 is 0 Å². The van der Waals surface area contributed by atoms with E-state index in [1.165, 1.54) is 27.0 Å². The van der Waals surface area contributed by atoms with E-state index in [2.05, 4.69) is 35.7 Å². The number of pyridine rings is 1. The number of nitrogens with zero attached hydrogens (tertiary/aromatic N) is 7. The number of aromatic amines is 1. The fourth-order valence-corrected chi connectivity index (χ4v) is 7.52. The fraction of sp³-hybridized carbons (Fsp3) is 0.519. The Balaban J connectivity index is 1.07. The van der Waals surface area contributed by atoms with Gasteiger partial charge in [-0.25, -0.2) is 28.4 Å². The third-order valence-corrected chi connectivity index (χ3v) is 10.3. The van der Waals surface area contributed by atoms with Crippen LogP contribution in [0.4, 0.5) is 23.1 Å². The van der Waals surface area contributed by atoms with Crippen molar-refractivity contribution < 1.29 is 38.1 Å². The minimum absolute atomic E-state index is 0.0530. The summed E-state index contributed by atoms with van der Waals surface area (Å²) in [5.41, 5.74) is 13.2. The van der Waals surface area contributed by atoms with E-state index < -0.39 is 74.9 Å². The number of aliphatic imine (C=N–C) groups is 1. The molecule has 0 saturated carbocycles. The highest BCUT2D eigenvalue weighted by atomic mass is 32.2. The van der Waals surface area contributed by atoms with E-state index in [1.54, 1.807) is 19.9 Å². The summed E-state index contributed by atoms with van der Waals surface area (Å²) in [5.74, 6) is -3.04. The van der Waals surface area contributed by atoms with Gasteiger partial charge in [-0.15, -0.1) is 0 Å². The lowest BCUT2D eigenvalue weighted by Gasteiger charge is -2.40. The number of aliphatic hydroxyl groups excluding tert-OH is 2. The number of carboxylic acids is 1. The molecule has 10 N–H and O–H groups in total. The zero-order chi connectivity index (χ0) is 35.4. The number of carboxylic acid groups (broad SMARTS) is 1. The number of imidazole rings is 1. The second kappa shape index (κ2) is 12.6. The summed E-state index contributed by atoms with van der Waals surface area (Å²) in [6, 6.07) is 0.360. The molecule has 0 spiro atoms. The number of rotatable bonds is 9. The summed E-state index contributed by atoms with van der Waals surface area (Å²) in [4.78, 5) is 58.3. The molecule has 6 rings (SSSR count). The van der Waals surface area contributed by atoms with Crippen molar-refractivity contribution in [2.24, 2.45) is 4.99 Å². The van der Waals surface area contributed by atoms with Gasteiger partial charge >= 0.3 is 5.97 Å². The molecule has 5 atom stereocenters. The molecular weight excluding hydrogens is 668 g/mol. The van der Waals surface area contributed by atoms with Crippen molar-refractivity contribution in [1.82, 2.24) is 39.8 Å². The molecule has 21 nitrogen and oxygen atoms in total. The molecule has 2 saturated heterocycles. The van der Waals surface area contributed by atoms with Crippen LogP contribution in [-0.4, -0.2) is 143 Å². The predicted octanol–water partition coefficient (Wildman–Crippen LogP) is -3.21. The van der Waals surface area contributed by atoms with Crippen molar-refractivity contribution in [3.8, 4) is 0 Å². The van der Waals surface area contributed by atoms with E-state index in [0.29, 0.717) is 11.2 Å². The molecule has 49 heavy (non-hydrogen) atoms. The van der Waals surface area contributed by atoms with Crippen molar-refractivity contribution in [2.45, 2.75) is 50.0 Å². The number of anilines is 3. The average molecular weight is 705 g/mol. The van der Waals surface area contributed by atoms with Gasteiger partial charge < -0.3 is 36.8 Å². The number of sulfone groups is 1. The van der Waals surface area contributed by atoms with Crippen LogP contribution in [0.3, 0.4) is 0 Å². The average Bonchev–Trinajstić information content (AvgIpc) is 3.56. The van der Waals surface area contributed by atoms with Crippen LogP contribution in [-0.2, 0) is 24.2 Å². The van der Waals surface area contributed by atoms with Crippen LogP contribution in [0.25, 0.3) is 11.2 Å². The zero-order valence-corrected chi connectivity index (χ0v) is 27.2. The minimum atomic E-state index is -3.94. The van der Waals surface area contributed by atoms with Gasteiger partial charge in [0, 0.05) is 32.4 Å². The molecule has 2 fully saturated rings. The smallest absolute Gasteiger partial charge is 0.322 e. The number of hydrazine groups is 1. The van der Waals surface area contributed by atoms with Crippen molar-refractivity contribution in [2.75, 3.05) is 54.5 Å². The van der Waals surface area contributed by atoms with E-state index in [-0.39, 0.29) is 55.0 Å². The first-order chi connectivity index (χ1) is 23.0. The van der Waals surface area contributed by atoms with Crippen LogP contribution in [0, 0.1) is 0 Å². The van der Waals surface area contributed by atoms with Gasteiger partial charge in [0.2, 0.25) is 5.95 Å². The quantitative estimate of drug-likeness (QED) is 0.109. The SMILES string of the molecule is CC1(C)Nc2nc(N)[nH]c(=O)c2N=C1C(=O)NN1CCN(CCS(=O)(=O)C[C@H]2O[C@@H](n3cnc4c(N)ccnc43)[C@@H](O)C2O)C(C(=O)O)C1. The lowest BCUT2D eigenvalue weighted by molar-refractivity contribution is -0.147. The van der Waals surface area contributed by atoms with Gasteiger partial charge in [-0.2, -0.15) is 4.98 Å². The number of nitrogens with one attached hydrogen (secondary N) is 3. The van der Waals surface area contributed by atoms with Crippen LogP contribution in [0.2, 0.25) is 0 Å². The highest BCUT2D eigenvalue weighted by Crippen LogP contribution is 2.33. The Hall–Kier alpha value is -4.74. The normalized spacial score (nSPS) is 25.8. The van der Waals surface area contributed by atoms with Gasteiger partial charge in [0.15, 0.2) is 33.2 Å². The number of amides is 1. The van der Waals surface area contributed by atoms with Crippen molar-refractivity contribution in [3.63, 3.8) is 0 Å². The van der Waals surface area contributed by atoms with Gasteiger partial charge in [-0.05, 0) is 19.9 Å². The minimum Gasteiger partial charge on any atom is -0.480 e. The highest BCUT2D eigenvalue weighted by Gasteiger charge is 2.46. The molecular formula is C27H36N12O9S. The number of H-pyrrole nitrogens is 1. The molecule has 0 bridgehead atoms. The first-order valence-electron chi connectivity index (χ1n) is 15.1. The summed E-state index contributed by atoms with van der Waals surface area (Å²) in [7, 11) is -3.94. The fourth-order valence-electron chi connectivity index (χ4n) is 6.06. The number of fused-ring (bicyclic) bond motifs is 2. The van der Waals surface area contributed by atoms with Gasteiger partial charge in [0.05, 0.1) is 29.1 Å². The molecule has 0 aromatic carbocycles. The van der Waals surface area contributed by atoms with Crippen molar-refractivity contribution >= 4 is 61.7 Å². The summed E-state index contributed by atoms with van der Waals surface area (Å²) >= 11 is 0. The number of aliphatic hydroxyl groups is 2. The zero-order valence-electron chi connectivity index (χ0n) is 26.3. The maximum absolute atomic E-state index is 13.3. The third kappa shape index (κ3) is 6.65. The first-order valence-corrected chi connectivity index (χ1v) is 17.0. The first kappa shape index (κ1) is 34.1. The Labute approximate surface area is 277 Å². The molecule has 3 aromatic heterocycles. The number of piperazine rings is 1. The number of ether oxygens (including phenoxy) is 1. The summed E-state index contributed by atoms with van der Waals surface area (Å²) in [6.07, 6.45) is -2.74. The molecule has 22 heteroatoms. The largest absolute Gasteiger partial charge is 0.480 e. The lowest BCUT2D eigenvalue weighted by atomic mass is 9.95. The summed E-state index contributed by atoms with van der Waals surface area (Å²) in [6.45, 7) is 3.17. The van der Waals surface area contributed by atoms with Crippen LogP contribution in [0.5, 0.6) is 0 Å². The molecule has 3 aromatic rings. The molecule has 2 unspecified atom stereocenters. The Kier molecular flexibility index (Phi) is 8.79. The van der Waals surface area contributed by atoms with Gasteiger partial charge in [0.25, 0.3) is 11.5 Å². The number of carbonyl (C=O) groups excluding carboxylic acids is 1.